The van der Waals surface area contributed by atoms with E-state index in [1.807, 2.05) is 0 Å². The second-order valence-corrected chi connectivity index (χ2v) is 5.46. The first kappa shape index (κ1) is 15.7. The summed E-state index contributed by atoms with van der Waals surface area (Å²) in [5.41, 5.74) is 0.293. The molecule has 0 aromatic heterocycles. The van der Waals surface area contributed by atoms with E-state index in [2.05, 4.69) is 4.74 Å². The minimum Gasteiger partial charge on any atom is -0.404 e. The number of hydrogen-bond donors (Lipinski definition) is 2. The van der Waals surface area contributed by atoms with Gasteiger partial charge in [-0.05, 0) is 31.0 Å². The molecule has 0 aliphatic heterocycles. The SMILES string of the molecule is C[C@H](O)Cc1ccc(S(N)(=O)=O)c(OC(F)(F)F)c1. The maximum absolute atomic E-state index is 12.2. The van der Waals surface area contributed by atoms with Crippen LogP contribution in [0, 0.1) is 0 Å². The Hall–Kier alpha value is -1.32. The van der Waals surface area contributed by atoms with Gasteiger partial charge in [0.25, 0.3) is 0 Å². The molecule has 0 fully saturated rings. The molecule has 0 bridgehead atoms. The summed E-state index contributed by atoms with van der Waals surface area (Å²) in [6, 6.07) is 3.06. The quantitative estimate of drug-likeness (QED) is 0.873. The summed E-state index contributed by atoms with van der Waals surface area (Å²) < 4.78 is 62.5. The van der Waals surface area contributed by atoms with Crippen LogP contribution < -0.4 is 9.88 Å². The number of primary sulfonamides is 1. The number of aliphatic hydroxyl groups is 1. The van der Waals surface area contributed by atoms with Crippen LogP contribution in [0.15, 0.2) is 23.1 Å². The Morgan fingerprint density at radius 2 is 2.00 bits per heavy atom. The first-order valence-electron chi connectivity index (χ1n) is 5.08. The standard InChI is InChI=1S/C10H12F3NO4S/c1-6(15)4-7-2-3-9(19(14,16)17)8(5-7)18-10(11,12)13/h2-3,5-6,15H,4H2,1H3,(H2,14,16,17)/t6-/m0/s1. The fourth-order valence-electron chi connectivity index (χ4n) is 1.46. The molecular formula is C10H12F3NO4S. The lowest BCUT2D eigenvalue weighted by Crippen LogP contribution is -2.21. The summed E-state index contributed by atoms with van der Waals surface area (Å²) in [5.74, 6) is -0.909. The summed E-state index contributed by atoms with van der Waals surface area (Å²) in [6.07, 6.45) is -5.78. The van der Waals surface area contributed by atoms with Crippen LogP contribution in [0.2, 0.25) is 0 Å². The molecule has 0 spiro atoms. The van der Waals surface area contributed by atoms with Gasteiger partial charge < -0.3 is 9.84 Å². The van der Waals surface area contributed by atoms with Crippen molar-refractivity contribution in [3.63, 3.8) is 0 Å². The highest BCUT2D eigenvalue weighted by atomic mass is 32.2. The third-order valence-electron chi connectivity index (χ3n) is 2.07. The average Bonchev–Trinajstić information content (AvgIpc) is 2.11. The number of hydrogen-bond acceptors (Lipinski definition) is 4. The minimum absolute atomic E-state index is 0.0547. The minimum atomic E-state index is -5.04. The fourth-order valence-corrected chi connectivity index (χ4v) is 2.10. The predicted molar refractivity (Wildman–Crippen MR) is 59.9 cm³/mol. The second kappa shape index (κ2) is 5.35. The molecule has 19 heavy (non-hydrogen) atoms. The zero-order valence-electron chi connectivity index (χ0n) is 9.81. The van der Waals surface area contributed by atoms with E-state index in [1.165, 1.54) is 13.0 Å². The van der Waals surface area contributed by atoms with Crippen LogP contribution in [0.3, 0.4) is 0 Å². The van der Waals surface area contributed by atoms with Gasteiger partial charge in [-0.3, -0.25) is 0 Å². The highest BCUT2D eigenvalue weighted by Crippen LogP contribution is 2.30. The smallest absolute Gasteiger partial charge is 0.404 e. The highest BCUT2D eigenvalue weighted by molar-refractivity contribution is 7.89. The average molecular weight is 299 g/mol. The Balaban J connectivity index is 3.27. The molecule has 0 aliphatic rings. The van der Waals surface area contributed by atoms with Crippen LogP contribution in [0.1, 0.15) is 12.5 Å². The number of alkyl halides is 3. The predicted octanol–water partition coefficient (Wildman–Crippen LogP) is 1.16. The molecular weight excluding hydrogens is 287 g/mol. The monoisotopic (exact) mass is 299 g/mol. The topological polar surface area (TPSA) is 89.6 Å². The number of benzene rings is 1. The number of nitrogens with two attached hydrogens (primary N) is 1. The van der Waals surface area contributed by atoms with Crippen molar-refractivity contribution in [2.24, 2.45) is 5.14 Å². The fraction of sp³-hybridized carbons (Fsp3) is 0.400. The van der Waals surface area contributed by atoms with E-state index in [-0.39, 0.29) is 6.42 Å². The highest BCUT2D eigenvalue weighted by Gasteiger charge is 2.33. The van der Waals surface area contributed by atoms with E-state index < -0.39 is 33.1 Å². The second-order valence-electron chi connectivity index (χ2n) is 3.93. The lowest BCUT2D eigenvalue weighted by atomic mass is 10.1. The molecule has 9 heteroatoms. The van der Waals surface area contributed by atoms with Crippen molar-refractivity contribution in [2.75, 3.05) is 0 Å². The summed E-state index contributed by atoms with van der Waals surface area (Å²) >= 11 is 0. The number of sulfonamides is 1. The van der Waals surface area contributed by atoms with Crippen LogP contribution in [0.5, 0.6) is 5.75 Å². The van der Waals surface area contributed by atoms with E-state index in [1.54, 1.807) is 0 Å². The van der Waals surface area contributed by atoms with Gasteiger partial charge in [0.05, 0.1) is 6.10 Å². The molecule has 0 saturated carbocycles. The number of rotatable bonds is 4. The largest absolute Gasteiger partial charge is 0.573 e. The van der Waals surface area contributed by atoms with Crippen LogP contribution in [0.4, 0.5) is 13.2 Å². The molecule has 0 unspecified atom stereocenters. The molecule has 1 atom stereocenters. The van der Waals surface area contributed by atoms with Gasteiger partial charge in [0, 0.05) is 0 Å². The first-order chi connectivity index (χ1) is 8.49. The van der Waals surface area contributed by atoms with Crippen molar-refractivity contribution in [1.29, 1.82) is 0 Å². The van der Waals surface area contributed by atoms with Crippen LogP contribution in [-0.2, 0) is 16.4 Å². The molecule has 0 aliphatic carbocycles. The summed E-state index contributed by atoms with van der Waals surface area (Å²) in [4.78, 5) is -0.765. The Bertz CT molecular complexity index is 554. The third kappa shape index (κ3) is 5.05. The van der Waals surface area contributed by atoms with Crippen LogP contribution >= 0.6 is 0 Å². The molecule has 108 valence electrons. The Kier molecular flexibility index (Phi) is 4.43. The van der Waals surface area contributed by atoms with Gasteiger partial charge in [0.1, 0.15) is 10.6 Å². The summed E-state index contributed by atoms with van der Waals surface area (Å²) in [5, 5.41) is 14.0. The molecule has 3 N–H and O–H groups in total. The maximum atomic E-state index is 12.2. The van der Waals surface area contributed by atoms with Crippen molar-refractivity contribution in [2.45, 2.75) is 30.7 Å². The lowest BCUT2D eigenvalue weighted by Gasteiger charge is -2.14. The van der Waals surface area contributed by atoms with E-state index in [0.29, 0.717) is 5.56 Å². The summed E-state index contributed by atoms with van der Waals surface area (Å²) in [7, 11) is -4.34. The van der Waals surface area contributed by atoms with Gasteiger partial charge in [0.15, 0.2) is 0 Å². The molecule has 1 rings (SSSR count). The van der Waals surface area contributed by atoms with Gasteiger partial charge >= 0.3 is 6.36 Å². The molecule has 1 aromatic carbocycles. The van der Waals surface area contributed by atoms with Gasteiger partial charge in [0.2, 0.25) is 10.0 Å². The first-order valence-corrected chi connectivity index (χ1v) is 6.63. The number of aliphatic hydroxyl groups excluding tert-OH is 1. The van der Waals surface area contributed by atoms with Gasteiger partial charge in [-0.15, -0.1) is 13.2 Å². The molecule has 0 radical (unpaired) electrons. The molecule has 1 aromatic rings. The molecule has 0 heterocycles. The van der Waals surface area contributed by atoms with E-state index in [9.17, 15) is 21.6 Å². The normalized spacial score (nSPS) is 14.2. The Labute approximate surface area is 107 Å². The Morgan fingerprint density at radius 1 is 1.42 bits per heavy atom. The third-order valence-corrected chi connectivity index (χ3v) is 3.02. The zero-order valence-corrected chi connectivity index (χ0v) is 10.6. The Morgan fingerprint density at radius 3 is 2.42 bits per heavy atom. The van der Waals surface area contributed by atoms with Crippen molar-refractivity contribution in [3.05, 3.63) is 23.8 Å². The van der Waals surface area contributed by atoms with Crippen molar-refractivity contribution in [1.82, 2.24) is 0 Å². The van der Waals surface area contributed by atoms with Crippen LogP contribution in [0.25, 0.3) is 0 Å². The van der Waals surface area contributed by atoms with E-state index >= 15 is 0 Å². The van der Waals surface area contributed by atoms with Crippen molar-refractivity contribution >= 4 is 10.0 Å². The number of halogens is 3. The van der Waals surface area contributed by atoms with Crippen molar-refractivity contribution in [3.8, 4) is 5.75 Å². The van der Waals surface area contributed by atoms with E-state index in [4.69, 9.17) is 10.2 Å². The van der Waals surface area contributed by atoms with Gasteiger partial charge in [-0.25, -0.2) is 13.6 Å². The number of ether oxygens (including phenoxy) is 1. The molecule has 0 saturated heterocycles. The lowest BCUT2D eigenvalue weighted by molar-refractivity contribution is -0.275. The molecule has 0 amide bonds. The summed E-state index contributed by atoms with van der Waals surface area (Å²) in [6.45, 7) is 1.44. The van der Waals surface area contributed by atoms with Gasteiger partial charge in [-0.2, -0.15) is 0 Å². The van der Waals surface area contributed by atoms with Gasteiger partial charge in [-0.1, -0.05) is 6.07 Å². The maximum Gasteiger partial charge on any atom is 0.573 e. The van der Waals surface area contributed by atoms with Crippen LogP contribution in [-0.4, -0.2) is 26.0 Å². The molecule has 5 nitrogen and oxygen atoms in total. The van der Waals surface area contributed by atoms with E-state index in [0.717, 1.165) is 12.1 Å². The zero-order chi connectivity index (χ0) is 14.8. The van der Waals surface area contributed by atoms with Crippen molar-refractivity contribution < 1.29 is 31.4 Å².